The van der Waals surface area contributed by atoms with Crippen molar-refractivity contribution in [2.75, 3.05) is 4.90 Å². The Bertz CT molecular complexity index is 1940. The second kappa shape index (κ2) is 9.08. The lowest BCUT2D eigenvalue weighted by Crippen LogP contribution is -2.65. The van der Waals surface area contributed by atoms with Crippen LogP contribution in [0.1, 0.15) is 59.2 Å². The minimum absolute atomic E-state index is 0.290. The molecule has 0 atom stereocenters. The molecule has 0 N–H and O–H groups in total. The lowest BCUT2D eigenvalue weighted by Gasteiger charge is -2.38. The summed E-state index contributed by atoms with van der Waals surface area (Å²) in [7, 11) is 0. The Hall–Kier alpha value is -3.34. The molecule has 0 radical (unpaired) electrons. The van der Waals surface area contributed by atoms with Gasteiger partial charge in [-0.15, -0.1) is 0 Å². The predicted molar refractivity (Wildman–Crippen MR) is 178 cm³/mol. The van der Waals surface area contributed by atoms with E-state index in [0.717, 1.165) is 0 Å². The Morgan fingerprint density at radius 2 is 1.17 bits per heavy atom. The van der Waals surface area contributed by atoms with Crippen molar-refractivity contribution in [1.29, 1.82) is 0 Å². The first-order valence-corrected chi connectivity index (χ1v) is 16.1. The van der Waals surface area contributed by atoms with E-state index >= 15 is 0 Å². The van der Waals surface area contributed by atoms with Crippen LogP contribution in [-0.2, 0) is 5.66 Å². The van der Waals surface area contributed by atoms with Crippen molar-refractivity contribution >= 4 is 44.6 Å². The van der Waals surface area contributed by atoms with E-state index in [9.17, 15) is 0 Å². The summed E-state index contributed by atoms with van der Waals surface area (Å²) in [5.41, 5.74) is 17.5. The fraction of sp³-hybridized carbons (Fsp3) is 0.270. The van der Waals surface area contributed by atoms with E-state index in [1.54, 1.807) is 0 Å². The minimum atomic E-state index is -0.290. The quantitative estimate of drug-likeness (QED) is 0.194. The van der Waals surface area contributed by atoms with Gasteiger partial charge in [-0.1, -0.05) is 83.8 Å². The average Bonchev–Trinajstić information content (AvgIpc) is 3.58. The lowest BCUT2D eigenvalue weighted by molar-refractivity contribution is -0.732. The van der Waals surface area contributed by atoms with E-state index in [2.05, 4.69) is 132 Å². The van der Waals surface area contributed by atoms with Gasteiger partial charge in [-0.3, -0.25) is 4.90 Å². The topological polar surface area (TPSA) is 7.12 Å². The van der Waals surface area contributed by atoms with Gasteiger partial charge in [-0.05, 0) is 98.5 Å². The molecule has 5 aromatic rings. The zero-order valence-electron chi connectivity index (χ0n) is 25.5. The molecule has 1 aromatic heterocycles. The molecule has 2 aliphatic heterocycles. The Morgan fingerprint density at radius 1 is 0.634 bits per heavy atom. The van der Waals surface area contributed by atoms with Crippen molar-refractivity contribution in [3.05, 3.63) is 104 Å². The number of thioether (sulfide) groups is 1. The van der Waals surface area contributed by atoms with Crippen LogP contribution in [0, 0.1) is 41.5 Å². The van der Waals surface area contributed by atoms with Gasteiger partial charge < -0.3 is 0 Å². The highest BCUT2D eigenvalue weighted by molar-refractivity contribution is 8.04. The van der Waals surface area contributed by atoms with Gasteiger partial charge >= 0.3 is 0 Å². The summed E-state index contributed by atoms with van der Waals surface area (Å²) >= 11 is 3.95. The maximum absolute atomic E-state index is 2.66. The molecule has 4 heteroatoms. The summed E-state index contributed by atoms with van der Waals surface area (Å²) in [5.74, 6) is 0. The second-order valence-electron chi connectivity index (χ2n) is 12.2. The van der Waals surface area contributed by atoms with Crippen molar-refractivity contribution in [2.24, 2.45) is 0 Å². The Morgan fingerprint density at radius 3 is 1.76 bits per heavy atom. The number of benzene rings is 4. The average molecular weight is 574 g/mol. The fourth-order valence-corrected chi connectivity index (χ4v) is 10.3. The summed E-state index contributed by atoms with van der Waals surface area (Å²) in [6.45, 7) is 21.1. The predicted octanol–water partition coefficient (Wildman–Crippen LogP) is 10.4. The number of rotatable bonds is 2. The van der Waals surface area contributed by atoms with Gasteiger partial charge in [0.05, 0.1) is 16.3 Å². The number of hydrogen-bond acceptors (Lipinski definition) is 3. The number of hydrogen-bond donors (Lipinski definition) is 0. The third-order valence-electron chi connectivity index (χ3n) is 9.56. The highest BCUT2D eigenvalue weighted by Gasteiger charge is 2.53. The minimum Gasteiger partial charge on any atom is -0.273 e. The number of anilines is 1. The summed E-state index contributed by atoms with van der Waals surface area (Å²) in [4.78, 5) is 4.07. The molecule has 7 rings (SSSR count). The zero-order valence-corrected chi connectivity index (χ0v) is 27.1. The molecule has 0 unspecified atom stereocenters. The maximum Gasteiger partial charge on any atom is 0.270 e. The number of thiazole rings is 1. The van der Waals surface area contributed by atoms with Gasteiger partial charge in [0.15, 0.2) is 0 Å². The van der Waals surface area contributed by atoms with Crippen molar-refractivity contribution in [1.82, 2.24) is 0 Å². The largest absolute Gasteiger partial charge is 0.273 e. The Labute approximate surface area is 252 Å². The number of allylic oxidation sites excluding steroid dienone is 1. The van der Waals surface area contributed by atoms with E-state index < -0.39 is 0 Å². The normalized spacial score (nSPS) is 15.4. The maximum atomic E-state index is 2.66. The van der Waals surface area contributed by atoms with Crippen LogP contribution < -0.4 is 9.47 Å². The molecular formula is C37H37N2S2+. The standard InChI is InChI=1S/C37H37N2S2/c1-20-22(3)33-31(24(5)29(20)27-16-12-10-13-17-27)38-35(40-33)26(7)36-39(37(38,8)9)32-25(6)30(28-18-14-11-15-19-28)21(2)23(4)34(32)41-36/h10-19H,1-9H3/q+1. The molecule has 206 valence electrons. The summed E-state index contributed by atoms with van der Waals surface area (Å²) < 4.78 is 4.07. The van der Waals surface area contributed by atoms with Crippen LogP contribution in [0.5, 0.6) is 0 Å². The van der Waals surface area contributed by atoms with Crippen LogP contribution in [0.2, 0.25) is 0 Å². The molecule has 41 heavy (non-hydrogen) atoms. The fourth-order valence-electron chi connectivity index (χ4n) is 7.29. The molecule has 0 saturated heterocycles. The number of aromatic nitrogens is 1. The third kappa shape index (κ3) is 3.47. The molecule has 4 aromatic carbocycles. The first-order valence-electron chi connectivity index (χ1n) is 14.5. The molecule has 0 fully saturated rings. The SMILES string of the molecule is CC1=C2Sc3c(C)c(C)c(-c4ccccc4)c(C)c3N2C(C)(C)[n+]2c1sc1c(C)c(C)c(-c3ccccc3)c(C)c12. The lowest BCUT2D eigenvalue weighted by atomic mass is 9.89. The number of fused-ring (bicyclic) bond motifs is 6. The van der Waals surface area contributed by atoms with Crippen LogP contribution in [-0.4, -0.2) is 0 Å². The van der Waals surface area contributed by atoms with Crippen molar-refractivity contribution in [3.63, 3.8) is 0 Å². The molecule has 0 amide bonds. The molecule has 0 aliphatic carbocycles. The van der Waals surface area contributed by atoms with Gasteiger partial charge in [0, 0.05) is 24.3 Å². The highest BCUT2D eigenvalue weighted by atomic mass is 32.2. The summed E-state index contributed by atoms with van der Waals surface area (Å²) in [6, 6.07) is 21.9. The van der Waals surface area contributed by atoms with Crippen molar-refractivity contribution in [3.8, 4) is 22.3 Å². The molecule has 0 saturated carbocycles. The highest BCUT2D eigenvalue weighted by Crippen LogP contribution is 2.59. The van der Waals surface area contributed by atoms with E-state index in [1.165, 1.54) is 92.0 Å². The molecular weight excluding hydrogens is 537 g/mol. The smallest absolute Gasteiger partial charge is 0.270 e. The first-order chi connectivity index (χ1) is 19.6. The number of aryl methyl sites for hydroxylation is 2. The third-order valence-corrected chi connectivity index (χ3v) is 12.3. The van der Waals surface area contributed by atoms with Gasteiger partial charge in [0.1, 0.15) is 4.70 Å². The molecule has 2 aliphatic rings. The summed E-state index contributed by atoms with van der Waals surface area (Å²) in [6.07, 6.45) is 0. The van der Waals surface area contributed by atoms with E-state index in [1.807, 2.05) is 23.1 Å². The molecule has 2 nitrogen and oxygen atoms in total. The van der Waals surface area contributed by atoms with Crippen LogP contribution in [0.25, 0.3) is 38.0 Å². The molecule has 0 spiro atoms. The second-order valence-corrected chi connectivity index (χ2v) is 14.2. The van der Waals surface area contributed by atoms with E-state index in [0.29, 0.717) is 0 Å². The van der Waals surface area contributed by atoms with E-state index in [-0.39, 0.29) is 5.66 Å². The zero-order chi connectivity index (χ0) is 29.0. The Kier molecular flexibility index (Phi) is 5.88. The number of nitrogens with zero attached hydrogens (tertiary/aromatic N) is 2. The van der Waals surface area contributed by atoms with Gasteiger partial charge in [0.25, 0.3) is 5.01 Å². The van der Waals surface area contributed by atoms with E-state index in [4.69, 9.17) is 0 Å². The van der Waals surface area contributed by atoms with Crippen LogP contribution in [0.3, 0.4) is 0 Å². The Balaban J connectivity index is 1.55. The molecule has 0 bridgehead atoms. The van der Waals surface area contributed by atoms with Gasteiger partial charge in [0.2, 0.25) is 11.2 Å². The van der Waals surface area contributed by atoms with Crippen molar-refractivity contribution in [2.45, 2.75) is 72.9 Å². The van der Waals surface area contributed by atoms with Gasteiger partial charge in [-0.2, -0.15) is 4.57 Å². The first kappa shape index (κ1) is 26.6. The van der Waals surface area contributed by atoms with Crippen LogP contribution in [0.4, 0.5) is 5.69 Å². The van der Waals surface area contributed by atoms with Crippen LogP contribution >= 0.6 is 23.1 Å². The van der Waals surface area contributed by atoms with Crippen LogP contribution in [0.15, 0.2) is 70.6 Å². The monoisotopic (exact) mass is 573 g/mol. The summed E-state index contributed by atoms with van der Waals surface area (Å²) in [5, 5.41) is 2.75. The van der Waals surface area contributed by atoms with Gasteiger partial charge in [-0.25, -0.2) is 0 Å². The van der Waals surface area contributed by atoms with Crippen molar-refractivity contribution < 1.29 is 4.57 Å². The molecule has 3 heterocycles.